The van der Waals surface area contributed by atoms with E-state index in [-0.39, 0.29) is 30.9 Å². The van der Waals surface area contributed by atoms with Gasteiger partial charge in [0.2, 0.25) is 5.91 Å². The second-order valence-corrected chi connectivity index (χ2v) is 6.63. The van der Waals surface area contributed by atoms with Crippen LogP contribution in [0, 0.1) is 0 Å². The number of hydrogen-bond donors (Lipinski definition) is 1. The van der Waals surface area contributed by atoms with Crippen LogP contribution < -0.4 is 10.6 Å². The predicted octanol–water partition coefficient (Wildman–Crippen LogP) is 1.99. The van der Waals surface area contributed by atoms with Gasteiger partial charge in [0.15, 0.2) is 0 Å². The van der Waals surface area contributed by atoms with Crippen molar-refractivity contribution in [2.45, 2.75) is 25.3 Å². The lowest BCUT2D eigenvalue weighted by molar-refractivity contribution is -0.132. The van der Waals surface area contributed by atoms with E-state index < -0.39 is 0 Å². The van der Waals surface area contributed by atoms with Gasteiger partial charge in [-0.3, -0.25) is 9.69 Å². The van der Waals surface area contributed by atoms with Gasteiger partial charge in [-0.05, 0) is 25.0 Å². The van der Waals surface area contributed by atoms with Crippen LogP contribution in [0.4, 0.5) is 5.69 Å². The van der Waals surface area contributed by atoms with Crippen molar-refractivity contribution >= 4 is 36.4 Å². The molecule has 2 aliphatic rings. The van der Waals surface area contributed by atoms with Gasteiger partial charge in [-0.25, -0.2) is 0 Å². The summed E-state index contributed by atoms with van der Waals surface area (Å²) in [6.45, 7) is 6.70. The maximum atomic E-state index is 12.3. The SMILES string of the molecule is Cl.Cl.NC1CCN(C(=O)CCN2CCN(c3ccccc3)CC2)CC1. The number of hydrogen-bond acceptors (Lipinski definition) is 4. The van der Waals surface area contributed by atoms with Gasteiger partial charge in [-0.2, -0.15) is 0 Å². The van der Waals surface area contributed by atoms with Gasteiger partial charge >= 0.3 is 0 Å². The number of piperazine rings is 1. The number of para-hydroxylation sites is 1. The van der Waals surface area contributed by atoms with Crippen LogP contribution in [0.15, 0.2) is 30.3 Å². The molecule has 0 spiro atoms. The number of amides is 1. The van der Waals surface area contributed by atoms with E-state index >= 15 is 0 Å². The second-order valence-electron chi connectivity index (χ2n) is 6.63. The number of benzene rings is 1. The van der Waals surface area contributed by atoms with Crippen LogP contribution in [0.5, 0.6) is 0 Å². The van der Waals surface area contributed by atoms with E-state index in [1.807, 2.05) is 4.90 Å². The number of carbonyl (C=O) groups is 1. The minimum atomic E-state index is 0. The lowest BCUT2D eigenvalue weighted by Gasteiger charge is -2.36. The lowest BCUT2D eigenvalue weighted by atomic mass is 10.1. The van der Waals surface area contributed by atoms with Crippen LogP contribution in [-0.2, 0) is 4.79 Å². The minimum Gasteiger partial charge on any atom is -0.369 e. The van der Waals surface area contributed by atoms with Crippen molar-refractivity contribution in [3.05, 3.63) is 30.3 Å². The fourth-order valence-electron chi connectivity index (χ4n) is 3.43. The van der Waals surface area contributed by atoms with Crippen molar-refractivity contribution in [1.82, 2.24) is 9.80 Å². The Morgan fingerprint density at radius 3 is 2.16 bits per heavy atom. The number of halogens is 2. The fraction of sp³-hybridized carbons (Fsp3) is 0.611. The quantitative estimate of drug-likeness (QED) is 0.856. The molecule has 0 aromatic heterocycles. The Hall–Kier alpha value is -1.01. The van der Waals surface area contributed by atoms with E-state index in [1.54, 1.807) is 0 Å². The molecule has 2 aliphatic heterocycles. The summed E-state index contributed by atoms with van der Waals surface area (Å²) in [6.07, 6.45) is 2.53. The molecule has 0 aliphatic carbocycles. The van der Waals surface area contributed by atoms with Crippen molar-refractivity contribution in [2.75, 3.05) is 50.7 Å². The monoisotopic (exact) mass is 388 g/mol. The molecule has 25 heavy (non-hydrogen) atoms. The first-order chi connectivity index (χ1) is 11.2. The zero-order valence-corrected chi connectivity index (χ0v) is 16.3. The van der Waals surface area contributed by atoms with Crippen LogP contribution in [0.2, 0.25) is 0 Å². The molecular formula is C18H30Cl2N4O. The predicted molar refractivity (Wildman–Crippen MR) is 108 cm³/mol. The van der Waals surface area contributed by atoms with Crippen LogP contribution in [0.1, 0.15) is 19.3 Å². The molecule has 5 nitrogen and oxygen atoms in total. The first kappa shape index (κ1) is 22.0. The zero-order chi connectivity index (χ0) is 16.1. The summed E-state index contributed by atoms with van der Waals surface area (Å²) in [5, 5.41) is 0. The maximum Gasteiger partial charge on any atom is 0.223 e. The van der Waals surface area contributed by atoms with E-state index in [0.717, 1.165) is 58.7 Å². The molecule has 0 radical (unpaired) electrons. The van der Waals surface area contributed by atoms with Crippen molar-refractivity contribution in [3.63, 3.8) is 0 Å². The van der Waals surface area contributed by atoms with Gasteiger partial charge in [0.25, 0.3) is 0 Å². The smallest absolute Gasteiger partial charge is 0.223 e. The third-order valence-electron chi connectivity index (χ3n) is 5.03. The number of rotatable bonds is 4. The fourth-order valence-corrected chi connectivity index (χ4v) is 3.43. The van der Waals surface area contributed by atoms with Crippen molar-refractivity contribution in [2.24, 2.45) is 5.73 Å². The first-order valence-electron chi connectivity index (χ1n) is 8.78. The minimum absolute atomic E-state index is 0. The van der Waals surface area contributed by atoms with E-state index in [1.165, 1.54) is 5.69 Å². The topological polar surface area (TPSA) is 52.8 Å². The van der Waals surface area contributed by atoms with Crippen molar-refractivity contribution < 1.29 is 4.79 Å². The summed E-state index contributed by atoms with van der Waals surface area (Å²) in [5.74, 6) is 0.294. The molecule has 0 atom stereocenters. The number of piperidine rings is 1. The molecule has 0 saturated carbocycles. The molecule has 7 heteroatoms. The summed E-state index contributed by atoms with van der Waals surface area (Å²) in [6, 6.07) is 10.8. The van der Waals surface area contributed by atoms with Crippen molar-refractivity contribution in [3.8, 4) is 0 Å². The van der Waals surface area contributed by atoms with Gasteiger partial charge in [0.05, 0.1) is 0 Å². The molecule has 142 valence electrons. The van der Waals surface area contributed by atoms with E-state index in [9.17, 15) is 4.79 Å². The molecule has 1 aromatic carbocycles. The summed E-state index contributed by atoms with van der Waals surface area (Å²) in [4.78, 5) is 19.1. The molecule has 2 saturated heterocycles. The standard InChI is InChI=1S/C18H28N4O.2ClH/c19-16-6-10-22(11-7-16)18(23)8-9-20-12-14-21(15-13-20)17-4-2-1-3-5-17;;/h1-5,16H,6-15,19H2;2*1H. The van der Waals surface area contributed by atoms with Crippen LogP contribution >= 0.6 is 24.8 Å². The van der Waals surface area contributed by atoms with Crippen LogP contribution in [0.25, 0.3) is 0 Å². The zero-order valence-electron chi connectivity index (χ0n) is 14.7. The van der Waals surface area contributed by atoms with Crippen LogP contribution in [-0.4, -0.2) is 67.6 Å². The van der Waals surface area contributed by atoms with E-state index in [0.29, 0.717) is 12.3 Å². The molecular weight excluding hydrogens is 359 g/mol. The number of carbonyl (C=O) groups excluding carboxylic acids is 1. The molecule has 2 heterocycles. The molecule has 1 amide bonds. The Morgan fingerprint density at radius 2 is 1.56 bits per heavy atom. The highest BCUT2D eigenvalue weighted by Crippen LogP contribution is 2.16. The van der Waals surface area contributed by atoms with E-state index in [2.05, 4.69) is 40.1 Å². The Bertz CT molecular complexity index is 501. The molecule has 0 bridgehead atoms. The van der Waals surface area contributed by atoms with Gasteiger partial charge in [-0.15, -0.1) is 24.8 Å². The Labute approximate surface area is 163 Å². The van der Waals surface area contributed by atoms with Crippen molar-refractivity contribution in [1.29, 1.82) is 0 Å². The Kier molecular flexibility index (Phi) is 9.57. The number of anilines is 1. The Morgan fingerprint density at radius 1 is 0.960 bits per heavy atom. The largest absolute Gasteiger partial charge is 0.369 e. The van der Waals surface area contributed by atoms with Crippen LogP contribution in [0.3, 0.4) is 0 Å². The third-order valence-corrected chi connectivity index (χ3v) is 5.03. The van der Waals surface area contributed by atoms with Gasteiger partial charge in [0.1, 0.15) is 0 Å². The highest BCUT2D eigenvalue weighted by atomic mass is 35.5. The number of likely N-dealkylation sites (tertiary alicyclic amines) is 1. The molecule has 3 rings (SSSR count). The van der Waals surface area contributed by atoms with E-state index in [4.69, 9.17) is 5.73 Å². The molecule has 1 aromatic rings. The highest BCUT2D eigenvalue weighted by Gasteiger charge is 2.22. The molecule has 0 unspecified atom stereocenters. The summed E-state index contributed by atoms with van der Waals surface area (Å²) >= 11 is 0. The number of nitrogens with two attached hydrogens (primary N) is 1. The Balaban J connectivity index is 0.00000156. The highest BCUT2D eigenvalue weighted by molar-refractivity contribution is 5.85. The summed E-state index contributed by atoms with van der Waals surface area (Å²) in [7, 11) is 0. The average molecular weight is 389 g/mol. The summed E-state index contributed by atoms with van der Waals surface area (Å²) < 4.78 is 0. The van der Waals surface area contributed by atoms with Gasteiger partial charge in [-0.1, -0.05) is 18.2 Å². The maximum absolute atomic E-state index is 12.3. The molecule has 2 N–H and O–H groups in total. The third kappa shape index (κ3) is 6.33. The lowest BCUT2D eigenvalue weighted by Crippen LogP contribution is -2.48. The normalized spacial score (nSPS) is 19.1. The molecule has 2 fully saturated rings. The first-order valence-corrected chi connectivity index (χ1v) is 8.78. The van der Waals surface area contributed by atoms with Gasteiger partial charge in [0, 0.05) is 64.0 Å². The summed E-state index contributed by atoms with van der Waals surface area (Å²) in [5.41, 5.74) is 7.20. The second kappa shape index (κ2) is 10.9. The van der Waals surface area contributed by atoms with Gasteiger partial charge < -0.3 is 15.5 Å². The number of nitrogens with zero attached hydrogens (tertiary/aromatic N) is 3. The average Bonchev–Trinajstić information content (AvgIpc) is 2.61.